The average molecular weight is 323 g/mol. The normalized spacial score (nSPS) is 11.4. The van der Waals surface area contributed by atoms with Gasteiger partial charge in [-0.25, -0.2) is 5.43 Å². The van der Waals surface area contributed by atoms with Crippen LogP contribution in [0.5, 0.6) is 5.75 Å². The highest BCUT2D eigenvalue weighted by atomic mass is 79.9. The molecule has 1 aromatic heterocycles. The van der Waals surface area contributed by atoms with Crippen LogP contribution in [0.4, 0.5) is 0 Å². The lowest BCUT2D eigenvalue weighted by molar-refractivity contribution is 0.0926. The molecule has 0 saturated heterocycles. The van der Waals surface area contributed by atoms with Gasteiger partial charge in [-0.1, -0.05) is 12.1 Å². The van der Waals surface area contributed by atoms with Gasteiger partial charge in [0.15, 0.2) is 10.4 Å². The lowest BCUT2D eigenvalue weighted by Crippen LogP contribution is -2.18. The molecule has 6 heteroatoms. The van der Waals surface area contributed by atoms with Gasteiger partial charge in [0.1, 0.15) is 5.75 Å². The van der Waals surface area contributed by atoms with E-state index in [9.17, 15) is 9.90 Å². The highest BCUT2D eigenvalue weighted by molar-refractivity contribution is 9.10. The van der Waals surface area contributed by atoms with Gasteiger partial charge in [0.05, 0.1) is 5.71 Å². The van der Waals surface area contributed by atoms with Crippen LogP contribution in [0.3, 0.4) is 0 Å². The molecular formula is C13H11BrN2O3. The van der Waals surface area contributed by atoms with Gasteiger partial charge in [-0.2, -0.15) is 5.10 Å². The fraction of sp³-hybridized carbons (Fsp3) is 0.0769. The van der Waals surface area contributed by atoms with E-state index in [0.29, 0.717) is 15.9 Å². The molecule has 1 heterocycles. The molecule has 0 radical (unpaired) electrons. The van der Waals surface area contributed by atoms with Gasteiger partial charge in [-0.3, -0.25) is 4.79 Å². The zero-order valence-corrected chi connectivity index (χ0v) is 11.6. The number of para-hydroxylation sites is 1. The Hall–Kier alpha value is -2.08. The van der Waals surface area contributed by atoms with Crippen LogP contribution in [0.2, 0.25) is 0 Å². The van der Waals surface area contributed by atoms with E-state index in [4.69, 9.17) is 4.42 Å². The van der Waals surface area contributed by atoms with E-state index in [0.717, 1.165) is 0 Å². The third-order valence-electron chi connectivity index (χ3n) is 2.42. The minimum Gasteiger partial charge on any atom is -0.507 e. The number of rotatable bonds is 3. The van der Waals surface area contributed by atoms with Crippen LogP contribution in [0.15, 0.2) is 50.6 Å². The molecule has 0 aliphatic carbocycles. The Balaban J connectivity index is 2.11. The molecule has 0 fully saturated rings. The summed E-state index contributed by atoms with van der Waals surface area (Å²) in [7, 11) is 0. The fourth-order valence-electron chi connectivity index (χ4n) is 1.47. The standard InChI is InChI=1S/C13H11BrN2O3/c1-8(9-4-2-3-5-10(9)17)15-16-13(18)11-6-7-12(14)19-11/h2-7,17H,1H3,(H,16,18). The van der Waals surface area contributed by atoms with E-state index in [-0.39, 0.29) is 11.5 Å². The Morgan fingerprint density at radius 1 is 1.32 bits per heavy atom. The maximum absolute atomic E-state index is 11.7. The molecule has 1 aromatic carbocycles. The Labute approximate surface area is 118 Å². The number of hydrogen-bond donors (Lipinski definition) is 2. The summed E-state index contributed by atoms with van der Waals surface area (Å²) in [5.41, 5.74) is 3.42. The summed E-state index contributed by atoms with van der Waals surface area (Å²) in [4.78, 5) is 11.7. The van der Waals surface area contributed by atoms with Gasteiger partial charge in [-0.05, 0) is 47.1 Å². The van der Waals surface area contributed by atoms with Crippen LogP contribution in [0.1, 0.15) is 23.0 Å². The largest absolute Gasteiger partial charge is 0.507 e. The van der Waals surface area contributed by atoms with Crippen molar-refractivity contribution in [1.82, 2.24) is 5.43 Å². The molecule has 0 saturated carbocycles. The summed E-state index contributed by atoms with van der Waals surface area (Å²) in [5.74, 6) is -0.195. The first-order valence-corrected chi connectivity index (χ1v) is 6.25. The maximum Gasteiger partial charge on any atom is 0.307 e. The van der Waals surface area contributed by atoms with Crippen molar-refractivity contribution in [1.29, 1.82) is 0 Å². The zero-order valence-electron chi connectivity index (χ0n) is 10.1. The van der Waals surface area contributed by atoms with Gasteiger partial charge in [0, 0.05) is 5.56 Å². The zero-order chi connectivity index (χ0) is 13.8. The predicted molar refractivity (Wildman–Crippen MR) is 74.2 cm³/mol. The van der Waals surface area contributed by atoms with Crippen molar-refractivity contribution in [2.45, 2.75) is 6.92 Å². The molecule has 0 atom stereocenters. The second kappa shape index (κ2) is 5.71. The van der Waals surface area contributed by atoms with E-state index < -0.39 is 5.91 Å². The third-order valence-corrected chi connectivity index (χ3v) is 2.84. The number of hydrazone groups is 1. The van der Waals surface area contributed by atoms with Gasteiger partial charge < -0.3 is 9.52 Å². The molecule has 2 aromatic rings. The Morgan fingerprint density at radius 2 is 2.05 bits per heavy atom. The van der Waals surface area contributed by atoms with Gasteiger partial charge in [-0.15, -0.1) is 0 Å². The summed E-state index contributed by atoms with van der Waals surface area (Å²) in [6.45, 7) is 1.69. The first kappa shape index (κ1) is 13.4. The van der Waals surface area contributed by atoms with E-state index in [2.05, 4.69) is 26.5 Å². The fourth-order valence-corrected chi connectivity index (χ4v) is 1.77. The smallest absolute Gasteiger partial charge is 0.307 e. The van der Waals surface area contributed by atoms with Crippen LogP contribution < -0.4 is 5.43 Å². The number of aromatic hydroxyl groups is 1. The topological polar surface area (TPSA) is 74.8 Å². The van der Waals surface area contributed by atoms with E-state index in [1.54, 1.807) is 37.3 Å². The van der Waals surface area contributed by atoms with Crippen molar-refractivity contribution < 1.29 is 14.3 Å². The second-order valence-electron chi connectivity index (χ2n) is 3.76. The molecule has 0 spiro atoms. The Morgan fingerprint density at radius 3 is 2.68 bits per heavy atom. The number of nitrogens with zero attached hydrogens (tertiary/aromatic N) is 1. The monoisotopic (exact) mass is 322 g/mol. The van der Waals surface area contributed by atoms with Crippen LogP contribution >= 0.6 is 15.9 Å². The second-order valence-corrected chi connectivity index (χ2v) is 4.54. The highest BCUT2D eigenvalue weighted by Gasteiger charge is 2.10. The summed E-state index contributed by atoms with van der Waals surface area (Å²) >= 11 is 3.11. The Bertz CT molecular complexity index is 634. The van der Waals surface area contributed by atoms with Crippen LogP contribution in [-0.2, 0) is 0 Å². The number of furan rings is 1. The van der Waals surface area contributed by atoms with E-state index >= 15 is 0 Å². The third kappa shape index (κ3) is 3.23. The number of hydrogen-bond acceptors (Lipinski definition) is 4. The van der Waals surface area contributed by atoms with E-state index in [1.807, 2.05) is 0 Å². The summed E-state index contributed by atoms with van der Waals surface area (Å²) in [6, 6.07) is 9.91. The number of phenols is 1. The SMILES string of the molecule is CC(=NNC(=O)c1ccc(Br)o1)c1ccccc1O. The first-order chi connectivity index (χ1) is 9.08. The van der Waals surface area contributed by atoms with Gasteiger partial charge in [0.2, 0.25) is 0 Å². The summed E-state index contributed by atoms with van der Waals surface area (Å²) in [6.07, 6.45) is 0. The van der Waals surface area contributed by atoms with Crippen LogP contribution in [0.25, 0.3) is 0 Å². The van der Waals surface area contributed by atoms with Crippen molar-refractivity contribution in [3.8, 4) is 5.75 Å². The Kier molecular flexibility index (Phi) is 4.01. The van der Waals surface area contributed by atoms with Crippen molar-refractivity contribution in [2.75, 3.05) is 0 Å². The van der Waals surface area contributed by atoms with Crippen molar-refractivity contribution in [2.24, 2.45) is 5.10 Å². The van der Waals surface area contributed by atoms with Crippen LogP contribution in [0, 0.1) is 0 Å². The van der Waals surface area contributed by atoms with Gasteiger partial charge >= 0.3 is 5.91 Å². The van der Waals surface area contributed by atoms with Crippen molar-refractivity contribution in [3.05, 3.63) is 52.4 Å². The molecule has 5 nitrogen and oxygen atoms in total. The molecule has 0 bridgehead atoms. The quantitative estimate of drug-likeness (QED) is 0.674. The number of amides is 1. The van der Waals surface area contributed by atoms with E-state index in [1.165, 1.54) is 6.07 Å². The van der Waals surface area contributed by atoms with Crippen molar-refractivity contribution in [3.63, 3.8) is 0 Å². The molecular weight excluding hydrogens is 312 g/mol. The first-order valence-electron chi connectivity index (χ1n) is 5.46. The van der Waals surface area contributed by atoms with Crippen LogP contribution in [-0.4, -0.2) is 16.7 Å². The van der Waals surface area contributed by atoms with Gasteiger partial charge in [0.25, 0.3) is 0 Å². The molecule has 0 unspecified atom stereocenters. The lowest BCUT2D eigenvalue weighted by Gasteiger charge is -2.03. The number of halogens is 1. The molecule has 0 aliphatic rings. The molecule has 0 aliphatic heterocycles. The predicted octanol–water partition coefficient (Wildman–Crippen LogP) is 2.90. The molecule has 98 valence electrons. The minimum absolute atomic E-state index is 0.110. The number of carbonyl (C=O) groups excluding carboxylic acids is 1. The lowest BCUT2D eigenvalue weighted by atomic mass is 10.1. The van der Waals surface area contributed by atoms with Crippen molar-refractivity contribution >= 4 is 27.5 Å². The number of benzene rings is 1. The summed E-state index contributed by atoms with van der Waals surface area (Å²) in [5, 5.41) is 13.6. The molecule has 19 heavy (non-hydrogen) atoms. The highest BCUT2D eigenvalue weighted by Crippen LogP contribution is 2.16. The molecule has 1 amide bonds. The number of carbonyl (C=O) groups is 1. The average Bonchev–Trinajstić information content (AvgIpc) is 2.83. The summed E-state index contributed by atoms with van der Waals surface area (Å²) < 4.78 is 5.56. The number of nitrogens with one attached hydrogen (secondary N) is 1. The minimum atomic E-state index is -0.458. The molecule has 2 rings (SSSR count). The maximum atomic E-state index is 11.7. The molecule has 2 N–H and O–H groups in total. The number of phenolic OH excluding ortho intramolecular Hbond substituents is 1.